The van der Waals surface area contributed by atoms with Gasteiger partial charge in [0.05, 0.1) is 6.04 Å². The van der Waals surface area contributed by atoms with E-state index >= 15 is 0 Å². The summed E-state index contributed by atoms with van der Waals surface area (Å²) in [6.07, 6.45) is 0.0757. The van der Waals surface area contributed by atoms with Gasteiger partial charge in [0.2, 0.25) is 0 Å². The second-order valence-electron chi connectivity index (χ2n) is 3.54. The van der Waals surface area contributed by atoms with Crippen molar-refractivity contribution in [3.05, 3.63) is 29.6 Å². The number of fused-ring (bicyclic) bond motifs is 1. The second-order valence-corrected chi connectivity index (χ2v) is 3.54. The summed E-state index contributed by atoms with van der Waals surface area (Å²) >= 11 is 0. The monoisotopic (exact) mass is 195 g/mol. The zero-order valence-electron chi connectivity index (χ0n) is 8.38. The standard InChI is InChI=1S/C11H14FNO/c1-3-13-11-7(2)14-10-6-8(12)4-5-9(10)11/h4-7,11,13H,3H2,1-2H3. The summed E-state index contributed by atoms with van der Waals surface area (Å²) in [5, 5.41) is 3.32. The van der Waals surface area contributed by atoms with Crippen molar-refractivity contribution in [3.8, 4) is 5.75 Å². The Kier molecular flexibility index (Phi) is 2.42. The molecule has 76 valence electrons. The minimum Gasteiger partial charge on any atom is -0.488 e. The van der Waals surface area contributed by atoms with Crippen LogP contribution in [0.15, 0.2) is 18.2 Å². The van der Waals surface area contributed by atoms with Crippen molar-refractivity contribution in [2.24, 2.45) is 0 Å². The molecule has 1 heterocycles. The van der Waals surface area contributed by atoms with Crippen LogP contribution in [0.3, 0.4) is 0 Å². The molecule has 1 aliphatic rings. The van der Waals surface area contributed by atoms with E-state index in [-0.39, 0.29) is 18.0 Å². The maximum absolute atomic E-state index is 12.9. The van der Waals surface area contributed by atoms with Gasteiger partial charge in [-0.05, 0) is 19.5 Å². The molecule has 2 rings (SSSR count). The molecule has 0 aromatic heterocycles. The maximum atomic E-state index is 12.9. The summed E-state index contributed by atoms with van der Waals surface area (Å²) in [7, 11) is 0. The van der Waals surface area contributed by atoms with E-state index in [9.17, 15) is 4.39 Å². The first-order chi connectivity index (χ1) is 6.72. The zero-order chi connectivity index (χ0) is 10.1. The molecule has 0 spiro atoms. The van der Waals surface area contributed by atoms with Gasteiger partial charge in [0, 0.05) is 11.6 Å². The lowest BCUT2D eigenvalue weighted by atomic mass is 10.0. The molecular formula is C11H14FNO. The van der Waals surface area contributed by atoms with E-state index in [1.54, 1.807) is 6.07 Å². The molecule has 0 bridgehead atoms. The molecule has 0 fully saturated rings. The lowest BCUT2D eigenvalue weighted by Crippen LogP contribution is -2.28. The Balaban J connectivity index is 2.33. The summed E-state index contributed by atoms with van der Waals surface area (Å²) in [5.41, 5.74) is 1.06. The van der Waals surface area contributed by atoms with Crippen LogP contribution in [0.25, 0.3) is 0 Å². The van der Waals surface area contributed by atoms with Crippen molar-refractivity contribution in [1.29, 1.82) is 0 Å². The fraction of sp³-hybridized carbons (Fsp3) is 0.455. The van der Waals surface area contributed by atoms with Gasteiger partial charge in [0.15, 0.2) is 0 Å². The highest BCUT2D eigenvalue weighted by Gasteiger charge is 2.30. The first-order valence-electron chi connectivity index (χ1n) is 4.92. The van der Waals surface area contributed by atoms with Crippen molar-refractivity contribution in [2.75, 3.05) is 6.54 Å². The number of hydrogen-bond donors (Lipinski definition) is 1. The largest absolute Gasteiger partial charge is 0.488 e. The molecule has 2 atom stereocenters. The molecular weight excluding hydrogens is 181 g/mol. The van der Waals surface area contributed by atoms with Gasteiger partial charge in [0.1, 0.15) is 17.7 Å². The number of halogens is 1. The second kappa shape index (κ2) is 3.58. The summed E-state index contributed by atoms with van der Waals surface area (Å²) in [5.74, 6) is 0.427. The van der Waals surface area contributed by atoms with Gasteiger partial charge in [0.25, 0.3) is 0 Å². The Bertz CT molecular complexity index is 340. The van der Waals surface area contributed by atoms with Gasteiger partial charge in [-0.15, -0.1) is 0 Å². The first kappa shape index (κ1) is 9.46. The highest BCUT2D eigenvalue weighted by molar-refractivity contribution is 5.40. The number of rotatable bonds is 2. The number of ether oxygens (including phenoxy) is 1. The Labute approximate surface area is 83.1 Å². The van der Waals surface area contributed by atoms with Crippen molar-refractivity contribution < 1.29 is 9.13 Å². The molecule has 0 aliphatic carbocycles. The van der Waals surface area contributed by atoms with Gasteiger partial charge in [-0.1, -0.05) is 13.0 Å². The van der Waals surface area contributed by atoms with Gasteiger partial charge < -0.3 is 10.1 Å². The van der Waals surface area contributed by atoms with E-state index in [0.717, 1.165) is 12.1 Å². The van der Waals surface area contributed by atoms with E-state index in [2.05, 4.69) is 5.32 Å². The predicted octanol–water partition coefficient (Wildman–Crippen LogP) is 2.26. The Morgan fingerprint density at radius 2 is 2.29 bits per heavy atom. The third-order valence-corrected chi connectivity index (χ3v) is 2.52. The highest BCUT2D eigenvalue weighted by atomic mass is 19.1. The van der Waals surface area contributed by atoms with Crippen LogP contribution in [0.5, 0.6) is 5.75 Å². The van der Waals surface area contributed by atoms with Gasteiger partial charge in [-0.2, -0.15) is 0 Å². The molecule has 1 aromatic carbocycles. The summed E-state index contributed by atoms with van der Waals surface area (Å²) < 4.78 is 18.5. The smallest absolute Gasteiger partial charge is 0.127 e. The number of hydrogen-bond acceptors (Lipinski definition) is 2. The van der Waals surface area contributed by atoms with Crippen molar-refractivity contribution in [2.45, 2.75) is 26.0 Å². The van der Waals surface area contributed by atoms with E-state index in [0.29, 0.717) is 5.75 Å². The van der Waals surface area contributed by atoms with Gasteiger partial charge >= 0.3 is 0 Å². The highest BCUT2D eigenvalue weighted by Crippen LogP contribution is 2.36. The summed E-state index contributed by atoms with van der Waals surface area (Å²) in [4.78, 5) is 0. The average molecular weight is 195 g/mol. The SMILES string of the molecule is CCNC1c2ccc(F)cc2OC1C. The molecule has 2 unspecified atom stereocenters. The molecule has 0 amide bonds. The molecule has 14 heavy (non-hydrogen) atoms. The van der Waals surface area contributed by atoms with E-state index in [1.165, 1.54) is 12.1 Å². The molecule has 0 radical (unpaired) electrons. The number of nitrogens with one attached hydrogen (secondary N) is 1. The van der Waals surface area contributed by atoms with Crippen molar-refractivity contribution in [3.63, 3.8) is 0 Å². The van der Waals surface area contributed by atoms with Crippen LogP contribution in [-0.2, 0) is 0 Å². The van der Waals surface area contributed by atoms with Crippen LogP contribution >= 0.6 is 0 Å². The maximum Gasteiger partial charge on any atom is 0.127 e. The number of likely N-dealkylation sites (N-methyl/N-ethyl adjacent to an activating group) is 1. The molecule has 1 aliphatic heterocycles. The molecule has 3 heteroatoms. The predicted molar refractivity (Wildman–Crippen MR) is 52.9 cm³/mol. The lowest BCUT2D eigenvalue weighted by molar-refractivity contribution is 0.210. The van der Waals surface area contributed by atoms with Crippen LogP contribution in [0.1, 0.15) is 25.5 Å². The summed E-state index contributed by atoms with van der Waals surface area (Å²) in [6, 6.07) is 4.91. The van der Waals surface area contributed by atoms with Crippen LogP contribution in [0, 0.1) is 5.82 Å². The topological polar surface area (TPSA) is 21.3 Å². The summed E-state index contributed by atoms with van der Waals surface area (Å²) in [6.45, 7) is 4.93. The quantitative estimate of drug-likeness (QED) is 0.781. The van der Waals surface area contributed by atoms with Gasteiger partial charge in [-0.25, -0.2) is 4.39 Å². The first-order valence-corrected chi connectivity index (χ1v) is 4.92. The van der Waals surface area contributed by atoms with Crippen LogP contribution in [-0.4, -0.2) is 12.6 Å². The minimum atomic E-state index is -0.243. The van der Waals surface area contributed by atoms with Crippen molar-refractivity contribution >= 4 is 0 Å². The van der Waals surface area contributed by atoms with E-state index in [1.807, 2.05) is 13.8 Å². The minimum absolute atomic E-state index is 0.0757. The zero-order valence-corrected chi connectivity index (χ0v) is 8.38. The fourth-order valence-electron chi connectivity index (χ4n) is 1.88. The van der Waals surface area contributed by atoms with Crippen molar-refractivity contribution in [1.82, 2.24) is 5.32 Å². The molecule has 2 nitrogen and oxygen atoms in total. The molecule has 0 saturated carbocycles. The van der Waals surface area contributed by atoms with Gasteiger partial charge in [-0.3, -0.25) is 0 Å². The van der Waals surface area contributed by atoms with E-state index in [4.69, 9.17) is 4.74 Å². The van der Waals surface area contributed by atoms with Crippen LogP contribution in [0.2, 0.25) is 0 Å². The number of benzene rings is 1. The average Bonchev–Trinajstić information content (AvgIpc) is 2.43. The third kappa shape index (κ3) is 1.48. The fourth-order valence-corrected chi connectivity index (χ4v) is 1.88. The molecule has 0 saturated heterocycles. The Hall–Kier alpha value is -1.09. The Morgan fingerprint density at radius 1 is 1.50 bits per heavy atom. The molecule has 1 N–H and O–H groups in total. The molecule has 1 aromatic rings. The normalized spacial score (nSPS) is 24.5. The lowest BCUT2D eigenvalue weighted by Gasteiger charge is -2.14. The van der Waals surface area contributed by atoms with E-state index < -0.39 is 0 Å². The van der Waals surface area contributed by atoms with Crippen LogP contribution < -0.4 is 10.1 Å². The Morgan fingerprint density at radius 3 is 3.00 bits per heavy atom. The third-order valence-electron chi connectivity index (χ3n) is 2.52. The van der Waals surface area contributed by atoms with Crippen LogP contribution in [0.4, 0.5) is 4.39 Å².